The number of aliphatic carboxylic acids is 2. The maximum atomic E-state index is 13.5. The van der Waals surface area contributed by atoms with Crippen molar-refractivity contribution < 1.29 is 39.0 Å². The van der Waals surface area contributed by atoms with Gasteiger partial charge in [-0.2, -0.15) is 0 Å². The molecular formula is C23H31N5O8. The minimum Gasteiger partial charge on any atom is -0.481 e. The van der Waals surface area contributed by atoms with Crippen LogP contribution in [0.25, 0.3) is 0 Å². The molecule has 1 saturated heterocycles. The summed E-state index contributed by atoms with van der Waals surface area (Å²) in [6.45, 7) is 0.191. The molecule has 4 unspecified atom stereocenters. The molecule has 0 radical (unpaired) electrons. The molecule has 196 valence electrons. The molecule has 2 rings (SSSR count). The Hall–Kier alpha value is -4.00. The largest absolute Gasteiger partial charge is 0.481 e. The average molecular weight is 506 g/mol. The van der Waals surface area contributed by atoms with Gasteiger partial charge in [-0.25, -0.2) is 4.79 Å². The second-order valence-corrected chi connectivity index (χ2v) is 8.55. The molecule has 1 aromatic rings. The lowest BCUT2D eigenvalue weighted by Gasteiger charge is -2.30. The molecule has 1 heterocycles. The molecule has 4 atom stereocenters. The lowest BCUT2D eigenvalue weighted by molar-refractivity contribution is -0.146. The SMILES string of the molecule is NC(=O)CC(NC(=O)C1CCCN1C(=O)C(Cc1ccccc1)NC(=O)C(N)CCC(=O)O)C(=O)O. The number of nitrogens with zero attached hydrogens (tertiary/aromatic N) is 1. The monoisotopic (exact) mass is 505 g/mol. The van der Waals surface area contributed by atoms with Crippen LogP contribution < -0.4 is 22.1 Å². The Morgan fingerprint density at radius 1 is 1.03 bits per heavy atom. The van der Waals surface area contributed by atoms with Crippen molar-refractivity contribution in [1.82, 2.24) is 15.5 Å². The zero-order valence-electron chi connectivity index (χ0n) is 19.6. The Balaban J connectivity index is 2.20. The number of carbonyl (C=O) groups excluding carboxylic acids is 4. The van der Waals surface area contributed by atoms with Crippen LogP contribution in [-0.2, 0) is 35.2 Å². The van der Waals surface area contributed by atoms with E-state index in [9.17, 15) is 33.9 Å². The molecule has 0 saturated carbocycles. The highest BCUT2D eigenvalue weighted by Gasteiger charge is 2.39. The minimum absolute atomic E-state index is 0.0847. The molecule has 1 aliphatic rings. The van der Waals surface area contributed by atoms with E-state index >= 15 is 0 Å². The molecule has 36 heavy (non-hydrogen) atoms. The Morgan fingerprint density at radius 3 is 2.28 bits per heavy atom. The number of nitrogens with two attached hydrogens (primary N) is 2. The summed E-state index contributed by atoms with van der Waals surface area (Å²) in [5.41, 5.74) is 11.6. The minimum atomic E-state index is -1.54. The molecule has 1 fully saturated rings. The van der Waals surface area contributed by atoms with Crippen molar-refractivity contribution in [3.8, 4) is 0 Å². The zero-order valence-corrected chi connectivity index (χ0v) is 19.6. The van der Waals surface area contributed by atoms with Crippen molar-refractivity contribution in [3.63, 3.8) is 0 Å². The molecule has 13 heteroatoms. The number of likely N-dealkylation sites (tertiary alicyclic amines) is 1. The third kappa shape index (κ3) is 8.34. The average Bonchev–Trinajstić information content (AvgIpc) is 3.31. The first kappa shape index (κ1) is 28.2. The molecule has 0 aliphatic carbocycles. The second-order valence-electron chi connectivity index (χ2n) is 8.55. The van der Waals surface area contributed by atoms with E-state index in [2.05, 4.69) is 10.6 Å². The fourth-order valence-electron chi connectivity index (χ4n) is 3.91. The highest BCUT2D eigenvalue weighted by molar-refractivity contribution is 5.95. The van der Waals surface area contributed by atoms with Gasteiger partial charge in [0, 0.05) is 19.4 Å². The molecule has 0 bridgehead atoms. The van der Waals surface area contributed by atoms with Crippen molar-refractivity contribution in [2.24, 2.45) is 11.5 Å². The Morgan fingerprint density at radius 2 is 1.69 bits per heavy atom. The number of rotatable bonds is 13. The van der Waals surface area contributed by atoms with Crippen LogP contribution in [0.1, 0.15) is 37.7 Å². The van der Waals surface area contributed by atoms with Gasteiger partial charge in [0.05, 0.1) is 12.5 Å². The first-order valence-electron chi connectivity index (χ1n) is 11.4. The van der Waals surface area contributed by atoms with Gasteiger partial charge in [0.1, 0.15) is 18.1 Å². The van der Waals surface area contributed by atoms with Gasteiger partial charge in [-0.15, -0.1) is 0 Å². The van der Waals surface area contributed by atoms with Crippen LogP contribution >= 0.6 is 0 Å². The number of carboxylic acids is 2. The first-order chi connectivity index (χ1) is 17.0. The van der Waals surface area contributed by atoms with Gasteiger partial charge in [-0.05, 0) is 24.8 Å². The third-order valence-corrected chi connectivity index (χ3v) is 5.76. The van der Waals surface area contributed by atoms with Crippen LogP contribution in [0.15, 0.2) is 30.3 Å². The van der Waals surface area contributed by atoms with E-state index in [1.54, 1.807) is 30.3 Å². The second kappa shape index (κ2) is 13.2. The van der Waals surface area contributed by atoms with E-state index < -0.39 is 66.2 Å². The van der Waals surface area contributed by atoms with E-state index in [-0.39, 0.29) is 32.2 Å². The number of primary amides is 1. The smallest absolute Gasteiger partial charge is 0.326 e. The van der Waals surface area contributed by atoms with Crippen LogP contribution in [0.5, 0.6) is 0 Å². The quantitative estimate of drug-likeness (QED) is 0.180. The van der Waals surface area contributed by atoms with Gasteiger partial charge in [0.15, 0.2) is 0 Å². The predicted octanol–water partition coefficient (Wildman–Crippen LogP) is -1.66. The van der Waals surface area contributed by atoms with Gasteiger partial charge in [-0.3, -0.25) is 24.0 Å². The zero-order chi connectivity index (χ0) is 26.8. The summed E-state index contributed by atoms with van der Waals surface area (Å²) in [5, 5.41) is 22.9. The van der Waals surface area contributed by atoms with Crippen molar-refractivity contribution in [2.45, 2.75) is 62.7 Å². The number of carbonyl (C=O) groups is 6. The van der Waals surface area contributed by atoms with Crippen LogP contribution in [0.3, 0.4) is 0 Å². The van der Waals surface area contributed by atoms with Gasteiger partial charge in [0.2, 0.25) is 23.6 Å². The Bertz CT molecular complexity index is 986. The summed E-state index contributed by atoms with van der Waals surface area (Å²) in [4.78, 5) is 73.6. The molecule has 13 nitrogen and oxygen atoms in total. The molecule has 0 aromatic heterocycles. The van der Waals surface area contributed by atoms with E-state index in [1.807, 2.05) is 0 Å². The standard InChI is InChI=1S/C23H31N5O8/c24-14(8-9-19(30)31)20(32)26-15(11-13-5-2-1-3-6-13)22(34)28-10-4-7-17(28)21(33)27-16(23(35)36)12-18(25)29/h1-3,5-6,14-17H,4,7-12,24H2,(H2,25,29)(H,26,32)(H,27,33)(H,30,31)(H,35,36). The van der Waals surface area contributed by atoms with Crippen LogP contribution in [0.4, 0.5) is 0 Å². The third-order valence-electron chi connectivity index (χ3n) is 5.76. The van der Waals surface area contributed by atoms with Crippen LogP contribution in [0, 0.1) is 0 Å². The van der Waals surface area contributed by atoms with Crippen molar-refractivity contribution >= 4 is 35.6 Å². The van der Waals surface area contributed by atoms with Crippen molar-refractivity contribution in [2.75, 3.05) is 6.54 Å². The summed E-state index contributed by atoms with van der Waals surface area (Å²) >= 11 is 0. The maximum Gasteiger partial charge on any atom is 0.326 e. The predicted molar refractivity (Wildman–Crippen MR) is 125 cm³/mol. The molecule has 8 N–H and O–H groups in total. The lowest BCUT2D eigenvalue weighted by Crippen LogP contribution is -2.57. The summed E-state index contributed by atoms with van der Waals surface area (Å²) in [7, 11) is 0. The molecule has 0 spiro atoms. The van der Waals surface area contributed by atoms with Crippen molar-refractivity contribution in [1.29, 1.82) is 0 Å². The Labute approximate surface area is 207 Å². The van der Waals surface area contributed by atoms with E-state index in [0.717, 1.165) is 5.56 Å². The van der Waals surface area contributed by atoms with E-state index in [1.165, 1.54) is 4.90 Å². The van der Waals surface area contributed by atoms with Crippen LogP contribution in [-0.4, -0.2) is 81.4 Å². The highest BCUT2D eigenvalue weighted by atomic mass is 16.4. The van der Waals surface area contributed by atoms with Gasteiger partial charge in [0.25, 0.3) is 0 Å². The molecule has 4 amide bonds. The molecular weight excluding hydrogens is 474 g/mol. The number of hydrogen-bond acceptors (Lipinski definition) is 7. The molecule has 1 aliphatic heterocycles. The van der Waals surface area contributed by atoms with E-state index in [0.29, 0.717) is 6.42 Å². The first-order valence-corrected chi connectivity index (χ1v) is 11.4. The van der Waals surface area contributed by atoms with Gasteiger partial charge >= 0.3 is 11.9 Å². The lowest BCUT2D eigenvalue weighted by atomic mass is 10.0. The summed E-state index contributed by atoms with van der Waals surface area (Å²) in [5.74, 6) is -5.50. The van der Waals surface area contributed by atoms with Crippen molar-refractivity contribution in [3.05, 3.63) is 35.9 Å². The number of carboxylic acid groups (broad SMARTS) is 2. The summed E-state index contributed by atoms with van der Waals surface area (Å²) < 4.78 is 0. The van der Waals surface area contributed by atoms with E-state index in [4.69, 9.17) is 16.6 Å². The van der Waals surface area contributed by atoms with Gasteiger partial charge in [-0.1, -0.05) is 30.3 Å². The molecule has 1 aromatic carbocycles. The summed E-state index contributed by atoms with van der Waals surface area (Å²) in [6.07, 6.45) is -0.259. The number of benzene rings is 1. The number of amides is 4. The highest BCUT2D eigenvalue weighted by Crippen LogP contribution is 2.20. The number of hydrogen-bond donors (Lipinski definition) is 6. The summed E-state index contributed by atoms with van der Waals surface area (Å²) in [6, 6.07) is 4.00. The maximum absolute atomic E-state index is 13.5. The van der Waals surface area contributed by atoms with Gasteiger partial charge < -0.3 is 37.2 Å². The Kier molecular flexibility index (Phi) is 10.3. The fraction of sp³-hybridized carbons (Fsp3) is 0.478. The van der Waals surface area contributed by atoms with Crippen LogP contribution in [0.2, 0.25) is 0 Å². The fourth-order valence-corrected chi connectivity index (χ4v) is 3.91. The number of nitrogens with one attached hydrogen (secondary N) is 2. The normalized spacial score (nSPS) is 17.5. The topological polar surface area (TPSA) is 222 Å².